The maximum atomic E-state index is 5.32. The zero-order valence-electron chi connectivity index (χ0n) is 13.8. The second-order valence-corrected chi connectivity index (χ2v) is 5.66. The van der Waals surface area contributed by atoms with Crippen molar-refractivity contribution in [3.05, 3.63) is 11.6 Å². The van der Waals surface area contributed by atoms with Crippen LogP contribution in [0.15, 0.2) is 16.6 Å². The Balaban J connectivity index is 0.00000400. The molecular weight excluding hydrogens is 377 g/mol. The molecule has 0 spiro atoms. The molecule has 1 heterocycles. The SMILES string of the molecule is CCNC(=NCCCC(C)C)NCCC1=CCOCC1.I. The van der Waals surface area contributed by atoms with Gasteiger partial charge in [-0.1, -0.05) is 25.5 Å². The van der Waals surface area contributed by atoms with Gasteiger partial charge < -0.3 is 15.4 Å². The van der Waals surface area contributed by atoms with Crippen molar-refractivity contribution in [3.63, 3.8) is 0 Å². The molecule has 0 fully saturated rings. The third-order valence-electron chi connectivity index (χ3n) is 3.35. The fourth-order valence-corrected chi connectivity index (χ4v) is 2.17. The summed E-state index contributed by atoms with van der Waals surface area (Å²) >= 11 is 0. The number of aliphatic imine (C=N–C) groups is 1. The number of halogens is 1. The van der Waals surface area contributed by atoms with E-state index in [1.54, 1.807) is 0 Å². The lowest BCUT2D eigenvalue weighted by molar-refractivity contribution is 0.153. The van der Waals surface area contributed by atoms with Crippen LogP contribution < -0.4 is 10.6 Å². The zero-order valence-corrected chi connectivity index (χ0v) is 16.1. The fourth-order valence-electron chi connectivity index (χ4n) is 2.17. The first-order valence-electron chi connectivity index (χ1n) is 8.00. The summed E-state index contributed by atoms with van der Waals surface area (Å²) in [5.74, 6) is 1.71. The highest BCUT2D eigenvalue weighted by molar-refractivity contribution is 14.0. The van der Waals surface area contributed by atoms with Gasteiger partial charge in [-0.15, -0.1) is 24.0 Å². The van der Waals surface area contributed by atoms with Gasteiger partial charge in [-0.2, -0.15) is 0 Å². The van der Waals surface area contributed by atoms with Crippen LogP contribution in [-0.2, 0) is 4.74 Å². The molecule has 21 heavy (non-hydrogen) atoms. The Hall–Kier alpha value is -0.300. The van der Waals surface area contributed by atoms with Crippen molar-refractivity contribution in [2.75, 3.05) is 32.8 Å². The maximum Gasteiger partial charge on any atom is 0.191 e. The number of hydrogen-bond donors (Lipinski definition) is 2. The Morgan fingerprint density at radius 2 is 2.19 bits per heavy atom. The number of rotatable bonds is 8. The Morgan fingerprint density at radius 3 is 2.81 bits per heavy atom. The minimum Gasteiger partial charge on any atom is -0.377 e. The highest BCUT2D eigenvalue weighted by atomic mass is 127. The molecule has 0 bridgehead atoms. The maximum absolute atomic E-state index is 5.32. The monoisotopic (exact) mass is 409 g/mol. The molecule has 4 nitrogen and oxygen atoms in total. The Kier molecular flexibility index (Phi) is 13.2. The summed E-state index contributed by atoms with van der Waals surface area (Å²) in [7, 11) is 0. The van der Waals surface area contributed by atoms with Gasteiger partial charge in [0.25, 0.3) is 0 Å². The summed E-state index contributed by atoms with van der Waals surface area (Å²) in [6.07, 6.45) is 6.77. The molecule has 0 unspecified atom stereocenters. The van der Waals surface area contributed by atoms with Gasteiger partial charge in [-0.25, -0.2) is 0 Å². The van der Waals surface area contributed by atoms with Crippen molar-refractivity contribution >= 4 is 29.9 Å². The lowest BCUT2D eigenvalue weighted by Crippen LogP contribution is -2.38. The summed E-state index contributed by atoms with van der Waals surface area (Å²) in [5, 5.41) is 6.72. The molecule has 0 saturated heterocycles. The van der Waals surface area contributed by atoms with Crippen LogP contribution in [-0.4, -0.2) is 38.8 Å². The molecule has 0 amide bonds. The summed E-state index contributed by atoms with van der Waals surface area (Å²) in [6.45, 7) is 11.0. The molecule has 124 valence electrons. The van der Waals surface area contributed by atoms with E-state index >= 15 is 0 Å². The second kappa shape index (κ2) is 13.4. The number of hydrogen-bond acceptors (Lipinski definition) is 2. The van der Waals surface area contributed by atoms with E-state index in [1.165, 1.54) is 12.0 Å². The van der Waals surface area contributed by atoms with E-state index in [-0.39, 0.29) is 24.0 Å². The van der Waals surface area contributed by atoms with Gasteiger partial charge in [0.2, 0.25) is 0 Å². The third kappa shape index (κ3) is 11.0. The molecule has 0 saturated carbocycles. The first-order valence-corrected chi connectivity index (χ1v) is 8.00. The predicted octanol–water partition coefficient (Wildman–Crippen LogP) is 3.33. The quantitative estimate of drug-likeness (QED) is 0.213. The number of nitrogens with one attached hydrogen (secondary N) is 2. The summed E-state index contributed by atoms with van der Waals surface area (Å²) < 4.78 is 5.32. The van der Waals surface area contributed by atoms with Gasteiger partial charge in [0, 0.05) is 19.6 Å². The van der Waals surface area contributed by atoms with E-state index in [0.717, 1.165) is 64.0 Å². The molecule has 0 aromatic carbocycles. The van der Waals surface area contributed by atoms with E-state index in [0.29, 0.717) is 0 Å². The number of guanidine groups is 1. The van der Waals surface area contributed by atoms with Crippen molar-refractivity contribution in [1.29, 1.82) is 0 Å². The van der Waals surface area contributed by atoms with Crippen LogP contribution in [0.4, 0.5) is 0 Å². The van der Waals surface area contributed by atoms with Crippen LogP contribution >= 0.6 is 24.0 Å². The second-order valence-electron chi connectivity index (χ2n) is 5.66. The molecule has 1 rings (SSSR count). The average Bonchev–Trinajstić information content (AvgIpc) is 2.44. The Morgan fingerprint density at radius 1 is 1.38 bits per heavy atom. The van der Waals surface area contributed by atoms with Gasteiger partial charge in [-0.3, -0.25) is 4.99 Å². The standard InChI is InChI=1S/C16H31N3O.HI/c1-4-17-16(18-10-5-6-14(2)3)19-11-7-15-8-12-20-13-9-15;/h8,14H,4-7,9-13H2,1-3H3,(H2,17,18,19);1H. The largest absolute Gasteiger partial charge is 0.377 e. The molecule has 0 atom stereocenters. The van der Waals surface area contributed by atoms with Crippen LogP contribution in [0, 0.1) is 5.92 Å². The zero-order chi connectivity index (χ0) is 14.6. The van der Waals surface area contributed by atoms with Gasteiger partial charge in [-0.05, 0) is 38.5 Å². The Labute approximate surface area is 147 Å². The first-order chi connectivity index (χ1) is 9.72. The van der Waals surface area contributed by atoms with E-state index < -0.39 is 0 Å². The van der Waals surface area contributed by atoms with Crippen molar-refractivity contribution in [2.45, 2.75) is 46.5 Å². The molecule has 5 heteroatoms. The van der Waals surface area contributed by atoms with Gasteiger partial charge in [0.1, 0.15) is 0 Å². The highest BCUT2D eigenvalue weighted by Crippen LogP contribution is 2.10. The predicted molar refractivity (Wildman–Crippen MR) is 102 cm³/mol. The molecule has 0 aromatic rings. The summed E-state index contributed by atoms with van der Waals surface area (Å²) in [6, 6.07) is 0. The van der Waals surface area contributed by atoms with Crippen LogP contribution in [0.5, 0.6) is 0 Å². The van der Waals surface area contributed by atoms with Crippen molar-refractivity contribution < 1.29 is 4.74 Å². The lowest BCUT2D eigenvalue weighted by atomic mass is 10.1. The number of ether oxygens (including phenoxy) is 1. The molecule has 2 N–H and O–H groups in total. The van der Waals surface area contributed by atoms with E-state index in [9.17, 15) is 0 Å². The topological polar surface area (TPSA) is 45.7 Å². The van der Waals surface area contributed by atoms with E-state index in [4.69, 9.17) is 4.74 Å². The fraction of sp³-hybridized carbons (Fsp3) is 0.812. The molecule has 0 aliphatic carbocycles. The van der Waals surface area contributed by atoms with Crippen molar-refractivity contribution in [2.24, 2.45) is 10.9 Å². The summed E-state index contributed by atoms with van der Waals surface area (Å²) in [5.41, 5.74) is 1.50. The van der Waals surface area contributed by atoms with Gasteiger partial charge in [0.05, 0.1) is 13.2 Å². The Bertz CT molecular complexity index is 317. The highest BCUT2D eigenvalue weighted by Gasteiger charge is 2.04. The lowest BCUT2D eigenvalue weighted by Gasteiger charge is -2.15. The van der Waals surface area contributed by atoms with E-state index in [1.807, 2.05) is 0 Å². The van der Waals surface area contributed by atoms with Crippen molar-refractivity contribution in [3.8, 4) is 0 Å². The van der Waals surface area contributed by atoms with Gasteiger partial charge in [0.15, 0.2) is 5.96 Å². The third-order valence-corrected chi connectivity index (χ3v) is 3.35. The molecular formula is C16H32IN3O. The summed E-state index contributed by atoms with van der Waals surface area (Å²) in [4.78, 5) is 4.62. The van der Waals surface area contributed by atoms with Crippen molar-refractivity contribution in [1.82, 2.24) is 10.6 Å². The molecule has 0 radical (unpaired) electrons. The van der Waals surface area contributed by atoms with Gasteiger partial charge >= 0.3 is 0 Å². The normalized spacial score (nSPS) is 15.4. The molecule has 1 aliphatic rings. The van der Waals surface area contributed by atoms with Crippen LogP contribution in [0.25, 0.3) is 0 Å². The number of nitrogens with zero attached hydrogens (tertiary/aromatic N) is 1. The minimum atomic E-state index is 0. The first kappa shape index (κ1) is 20.7. The minimum absolute atomic E-state index is 0. The smallest absolute Gasteiger partial charge is 0.191 e. The van der Waals surface area contributed by atoms with Crippen LogP contribution in [0.2, 0.25) is 0 Å². The van der Waals surface area contributed by atoms with Crippen LogP contribution in [0.3, 0.4) is 0 Å². The van der Waals surface area contributed by atoms with Crippen LogP contribution in [0.1, 0.15) is 46.5 Å². The van der Waals surface area contributed by atoms with E-state index in [2.05, 4.69) is 42.5 Å². The average molecular weight is 409 g/mol. The molecule has 1 aliphatic heterocycles. The molecule has 0 aromatic heterocycles.